The summed E-state index contributed by atoms with van der Waals surface area (Å²) in [5.74, 6) is 0.0801. The second-order valence-electron chi connectivity index (χ2n) is 6.38. The molecule has 1 aromatic rings. The van der Waals surface area contributed by atoms with Crippen LogP contribution in [0.3, 0.4) is 0 Å². The fraction of sp³-hybridized carbons (Fsp3) is 0.667. The Morgan fingerprint density at radius 2 is 2.17 bits per heavy atom. The topological polar surface area (TPSA) is 75.7 Å². The fourth-order valence-electron chi connectivity index (χ4n) is 3.45. The second-order valence-corrected chi connectivity index (χ2v) is 9.11. The van der Waals surface area contributed by atoms with E-state index in [4.69, 9.17) is 4.74 Å². The first-order valence-electron chi connectivity index (χ1n) is 7.81. The molecule has 1 aromatic heterocycles. The fourth-order valence-corrected chi connectivity index (χ4v) is 4.95. The largest absolute Gasteiger partial charge is 0.375 e. The summed E-state index contributed by atoms with van der Waals surface area (Å²) in [6.45, 7) is 1.87. The second kappa shape index (κ2) is 6.51. The molecule has 2 fully saturated rings. The number of hydrogen-bond donors (Lipinski definition) is 1. The molecule has 1 amide bonds. The van der Waals surface area contributed by atoms with E-state index in [1.54, 1.807) is 0 Å². The number of thiophene rings is 1. The van der Waals surface area contributed by atoms with Gasteiger partial charge in [0, 0.05) is 25.7 Å². The van der Waals surface area contributed by atoms with Gasteiger partial charge in [0.15, 0.2) is 0 Å². The van der Waals surface area contributed by atoms with Gasteiger partial charge in [0.2, 0.25) is 10.0 Å². The molecular weight excluding hydrogens is 336 g/mol. The molecule has 1 N–H and O–H groups in total. The Balaban J connectivity index is 1.60. The number of sulfonamides is 1. The summed E-state index contributed by atoms with van der Waals surface area (Å²) in [6, 6.07) is 3.66. The Morgan fingerprint density at radius 1 is 1.43 bits per heavy atom. The SMILES string of the molecule is CS(=O)(=O)NC1CCOC2(CCN(C(=O)c3cccs3)CC2)C1. The summed E-state index contributed by atoms with van der Waals surface area (Å²) in [5.41, 5.74) is -0.299. The highest BCUT2D eigenvalue weighted by atomic mass is 32.2. The highest BCUT2D eigenvalue weighted by Crippen LogP contribution is 2.35. The van der Waals surface area contributed by atoms with E-state index >= 15 is 0 Å². The minimum Gasteiger partial charge on any atom is -0.375 e. The van der Waals surface area contributed by atoms with E-state index in [0.29, 0.717) is 32.5 Å². The Hall–Kier alpha value is -0.960. The van der Waals surface area contributed by atoms with E-state index in [0.717, 1.165) is 17.7 Å². The molecule has 128 valence electrons. The molecule has 6 nitrogen and oxygen atoms in total. The van der Waals surface area contributed by atoms with Crippen molar-refractivity contribution in [1.82, 2.24) is 9.62 Å². The van der Waals surface area contributed by atoms with E-state index in [1.165, 1.54) is 17.6 Å². The Labute approximate surface area is 140 Å². The van der Waals surface area contributed by atoms with Crippen LogP contribution >= 0.6 is 11.3 Å². The average molecular weight is 358 g/mol. The van der Waals surface area contributed by atoms with Gasteiger partial charge in [-0.05, 0) is 37.1 Å². The average Bonchev–Trinajstić information content (AvgIpc) is 3.00. The third kappa shape index (κ3) is 4.12. The van der Waals surface area contributed by atoms with Crippen LogP contribution in [0.2, 0.25) is 0 Å². The molecule has 1 unspecified atom stereocenters. The zero-order chi connectivity index (χ0) is 16.5. The van der Waals surface area contributed by atoms with Crippen LogP contribution < -0.4 is 4.72 Å². The van der Waals surface area contributed by atoms with Crippen molar-refractivity contribution >= 4 is 27.3 Å². The van der Waals surface area contributed by atoms with Crippen molar-refractivity contribution in [2.24, 2.45) is 0 Å². The first-order valence-corrected chi connectivity index (χ1v) is 10.6. The zero-order valence-electron chi connectivity index (χ0n) is 13.2. The third-order valence-electron chi connectivity index (χ3n) is 4.57. The van der Waals surface area contributed by atoms with Gasteiger partial charge >= 0.3 is 0 Å². The van der Waals surface area contributed by atoms with Crippen LogP contribution in [0, 0.1) is 0 Å². The molecule has 0 aromatic carbocycles. The maximum Gasteiger partial charge on any atom is 0.263 e. The number of nitrogens with zero attached hydrogens (tertiary/aromatic N) is 1. The van der Waals surface area contributed by atoms with Crippen molar-refractivity contribution < 1.29 is 17.9 Å². The normalized spacial score (nSPS) is 24.7. The molecule has 1 spiro atoms. The van der Waals surface area contributed by atoms with Gasteiger partial charge in [0.1, 0.15) is 0 Å². The summed E-state index contributed by atoms with van der Waals surface area (Å²) >= 11 is 1.46. The minimum atomic E-state index is -3.20. The number of hydrogen-bond acceptors (Lipinski definition) is 5. The predicted octanol–water partition coefficient (Wildman–Crippen LogP) is 1.45. The molecule has 2 saturated heterocycles. The molecule has 8 heteroatoms. The van der Waals surface area contributed by atoms with E-state index in [9.17, 15) is 13.2 Å². The van der Waals surface area contributed by atoms with Gasteiger partial charge in [-0.25, -0.2) is 13.1 Å². The van der Waals surface area contributed by atoms with Crippen molar-refractivity contribution in [2.75, 3.05) is 26.0 Å². The standard InChI is InChI=1S/C15H22N2O4S2/c1-23(19,20)16-12-4-9-21-15(11-12)5-7-17(8-6-15)14(18)13-3-2-10-22-13/h2-3,10,12,16H,4-9,11H2,1H3. The van der Waals surface area contributed by atoms with Gasteiger partial charge in [-0.2, -0.15) is 0 Å². The lowest BCUT2D eigenvalue weighted by atomic mass is 9.82. The lowest BCUT2D eigenvalue weighted by Crippen LogP contribution is -2.54. The lowest BCUT2D eigenvalue weighted by Gasteiger charge is -2.46. The summed E-state index contributed by atoms with van der Waals surface area (Å²) in [5, 5.41) is 1.91. The van der Waals surface area contributed by atoms with Crippen LogP contribution in [-0.4, -0.2) is 56.8 Å². The van der Waals surface area contributed by atoms with Gasteiger partial charge in [0.25, 0.3) is 5.91 Å². The summed E-state index contributed by atoms with van der Waals surface area (Å²) in [4.78, 5) is 15.0. The molecule has 0 bridgehead atoms. The molecule has 0 aliphatic carbocycles. The van der Waals surface area contributed by atoms with E-state index < -0.39 is 10.0 Å². The van der Waals surface area contributed by atoms with Gasteiger partial charge in [-0.15, -0.1) is 11.3 Å². The van der Waals surface area contributed by atoms with Crippen LogP contribution in [-0.2, 0) is 14.8 Å². The lowest BCUT2D eigenvalue weighted by molar-refractivity contribution is -0.113. The predicted molar refractivity (Wildman–Crippen MR) is 89.1 cm³/mol. The van der Waals surface area contributed by atoms with Crippen molar-refractivity contribution in [1.29, 1.82) is 0 Å². The van der Waals surface area contributed by atoms with Gasteiger partial charge in [0.05, 0.1) is 16.7 Å². The molecule has 23 heavy (non-hydrogen) atoms. The molecule has 1 atom stereocenters. The minimum absolute atomic E-state index is 0.0710. The van der Waals surface area contributed by atoms with Crippen LogP contribution in [0.5, 0.6) is 0 Å². The third-order valence-corrected chi connectivity index (χ3v) is 6.19. The summed E-state index contributed by atoms with van der Waals surface area (Å²) in [7, 11) is -3.20. The van der Waals surface area contributed by atoms with E-state index in [2.05, 4.69) is 4.72 Å². The van der Waals surface area contributed by atoms with Crippen molar-refractivity contribution in [3.05, 3.63) is 22.4 Å². The molecule has 2 aliphatic rings. The zero-order valence-corrected chi connectivity index (χ0v) is 14.8. The number of likely N-dealkylation sites (tertiary alicyclic amines) is 1. The van der Waals surface area contributed by atoms with Gasteiger partial charge in [-0.3, -0.25) is 4.79 Å². The van der Waals surface area contributed by atoms with Crippen molar-refractivity contribution in [3.8, 4) is 0 Å². The molecule has 2 aliphatic heterocycles. The van der Waals surface area contributed by atoms with Crippen LogP contribution in [0.25, 0.3) is 0 Å². The number of carbonyl (C=O) groups excluding carboxylic acids is 1. The molecule has 3 heterocycles. The maximum absolute atomic E-state index is 12.4. The van der Waals surface area contributed by atoms with Gasteiger partial charge in [-0.1, -0.05) is 6.07 Å². The quantitative estimate of drug-likeness (QED) is 0.887. The van der Waals surface area contributed by atoms with Crippen molar-refractivity contribution in [2.45, 2.75) is 37.3 Å². The highest BCUT2D eigenvalue weighted by Gasteiger charge is 2.41. The number of ether oxygens (including phenoxy) is 1. The Kier molecular flexibility index (Phi) is 4.78. The van der Waals surface area contributed by atoms with Crippen LogP contribution in [0.15, 0.2) is 17.5 Å². The number of piperidine rings is 1. The first kappa shape index (κ1) is 16.9. The Bertz CT molecular complexity index is 649. The maximum atomic E-state index is 12.4. The molecular formula is C15H22N2O4S2. The number of carbonyl (C=O) groups is 1. The smallest absolute Gasteiger partial charge is 0.263 e. The highest BCUT2D eigenvalue weighted by molar-refractivity contribution is 7.88. The van der Waals surface area contributed by atoms with E-state index in [1.807, 2.05) is 22.4 Å². The van der Waals surface area contributed by atoms with Crippen molar-refractivity contribution in [3.63, 3.8) is 0 Å². The van der Waals surface area contributed by atoms with Gasteiger partial charge < -0.3 is 9.64 Å². The monoisotopic (exact) mass is 358 g/mol. The van der Waals surface area contributed by atoms with E-state index in [-0.39, 0.29) is 17.6 Å². The Morgan fingerprint density at radius 3 is 2.78 bits per heavy atom. The molecule has 3 rings (SSSR count). The number of nitrogens with one attached hydrogen (secondary N) is 1. The number of amides is 1. The first-order chi connectivity index (χ1) is 10.9. The van der Waals surface area contributed by atoms with Crippen LogP contribution in [0.1, 0.15) is 35.4 Å². The molecule has 0 saturated carbocycles. The van der Waals surface area contributed by atoms with Crippen LogP contribution in [0.4, 0.5) is 0 Å². The molecule has 0 radical (unpaired) electrons. The summed E-state index contributed by atoms with van der Waals surface area (Å²) < 4.78 is 31.6. The number of rotatable bonds is 3. The summed E-state index contributed by atoms with van der Waals surface area (Å²) in [6.07, 6.45) is 4.09.